The molecule has 0 bridgehead atoms. The molecular weight excluding hydrogens is 258 g/mol. The molecule has 0 radical (unpaired) electrons. The first-order valence-corrected chi connectivity index (χ1v) is 5.83. The molecule has 0 saturated carbocycles. The Kier molecular flexibility index (Phi) is 5.99. The summed E-state index contributed by atoms with van der Waals surface area (Å²) in [7, 11) is 0. The highest BCUT2D eigenvalue weighted by atomic mass is 16.6. The molecule has 0 amide bonds. The highest BCUT2D eigenvalue weighted by molar-refractivity contribution is 5.27. The molecule has 0 saturated heterocycles. The lowest BCUT2D eigenvalue weighted by Crippen LogP contribution is -2.00. The maximum atomic E-state index is 10.8. The Hall–Kier alpha value is -2.60. The van der Waals surface area contributed by atoms with Gasteiger partial charge in [0.2, 0.25) is 6.54 Å². The number of quaternary nitrogens is 1. The van der Waals surface area contributed by atoms with Gasteiger partial charge in [0, 0.05) is 5.56 Å². The minimum absolute atomic E-state index is 0. The molecule has 0 aliphatic heterocycles. The van der Waals surface area contributed by atoms with Gasteiger partial charge < -0.3 is 21.3 Å². The summed E-state index contributed by atoms with van der Waals surface area (Å²) in [5, 5.41) is 21.6. The van der Waals surface area contributed by atoms with E-state index in [-0.39, 0.29) is 17.6 Å². The molecule has 106 valence electrons. The fourth-order valence-electron chi connectivity index (χ4n) is 1.62. The number of nitrogens with zero attached hydrogens (tertiary/aromatic N) is 2. The van der Waals surface area contributed by atoms with E-state index in [1.165, 1.54) is 0 Å². The van der Waals surface area contributed by atoms with Crippen LogP contribution in [0, 0.1) is 5.21 Å². The van der Waals surface area contributed by atoms with Gasteiger partial charge in [-0.1, -0.05) is 35.2 Å². The Bertz CT molecular complexity index is 541. The van der Waals surface area contributed by atoms with Crippen LogP contribution in [0.3, 0.4) is 0 Å². The van der Waals surface area contributed by atoms with Crippen LogP contribution >= 0.6 is 0 Å². The summed E-state index contributed by atoms with van der Waals surface area (Å²) in [5.74, 6) is 0.728. The lowest BCUT2D eigenvalue weighted by Gasteiger charge is -2.06. The summed E-state index contributed by atoms with van der Waals surface area (Å²) in [5.41, 5.74) is 1.84. The van der Waals surface area contributed by atoms with E-state index in [0.29, 0.717) is 6.61 Å². The maximum Gasteiger partial charge on any atom is 0.209 e. The van der Waals surface area contributed by atoms with Gasteiger partial charge in [0.05, 0.1) is 0 Å². The highest BCUT2D eigenvalue weighted by Crippen LogP contribution is 2.14. The van der Waals surface area contributed by atoms with Crippen molar-refractivity contribution >= 4 is 0 Å². The first kappa shape index (κ1) is 15.5. The fraction of sp³-hybridized carbons (Fsp3) is 0.143. The molecule has 2 aromatic carbocycles. The predicted octanol–water partition coefficient (Wildman–Crippen LogP) is 3.49. The van der Waals surface area contributed by atoms with Crippen LogP contribution in [0.15, 0.2) is 59.9 Å². The Balaban J connectivity index is 0.00000200. The molecule has 2 rings (SSSR count). The molecule has 0 fully saturated rings. The van der Waals surface area contributed by atoms with E-state index in [9.17, 15) is 5.21 Å². The van der Waals surface area contributed by atoms with E-state index in [1.807, 2.05) is 30.3 Å². The van der Waals surface area contributed by atoms with Crippen LogP contribution in [0.1, 0.15) is 11.1 Å². The normalized spacial score (nSPS) is 10.7. The first-order chi connectivity index (χ1) is 9.28. The van der Waals surface area contributed by atoms with Crippen molar-refractivity contribution in [2.75, 3.05) is 0 Å². The second kappa shape index (κ2) is 7.75. The SMILES string of the molecule is [NH4+].[O-]/[N+](Cc1ccc(OCc2ccccc2)cc1)=N\O. The largest absolute Gasteiger partial charge is 0.597 e. The van der Waals surface area contributed by atoms with Crippen molar-refractivity contribution < 1.29 is 14.8 Å². The van der Waals surface area contributed by atoms with Crippen LogP contribution in [-0.2, 0) is 13.2 Å². The van der Waals surface area contributed by atoms with Crippen LogP contribution < -0.4 is 10.9 Å². The average Bonchev–Trinajstić information content (AvgIpc) is 2.47. The number of rotatable bonds is 5. The standard InChI is InChI=1S/C14H14N2O3.H3N/c17-15-16(18)10-12-6-8-14(9-7-12)19-11-13-4-2-1-3-5-13;/h1-9,17H,10-11H2;1H3/p+1/b16-15-;. The average molecular weight is 276 g/mol. The van der Waals surface area contributed by atoms with Gasteiger partial charge in [-0.25, -0.2) is 0 Å². The predicted molar refractivity (Wildman–Crippen MR) is 74.7 cm³/mol. The molecule has 0 atom stereocenters. The van der Waals surface area contributed by atoms with Crippen molar-refractivity contribution in [2.24, 2.45) is 5.28 Å². The third-order valence-electron chi connectivity index (χ3n) is 2.59. The van der Waals surface area contributed by atoms with E-state index in [0.717, 1.165) is 16.9 Å². The van der Waals surface area contributed by atoms with Crippen LogP contribution in [0.2, 0.25) is 0 Å². The molecule has 0 aliphatic rings. The Labute approximate surface area is 117 Å². The maximum absolute atomic E-state index is 10.8. The molecule has 2 aromatic rings. The third-order valence-corrected chi connectivity index (χ3v) is 2.59. The second-order valence-electron chi connectivity index (χ2n) is 4.02. The van der Waals surface area contributed by atoms with Crippen molar-refractivity contribution in [3.8, 4) is 5.75 Å². The van der Waals surface area contributed by atoms with Gasteiger partial charge >= 0.3 is 0 Å². The van der Waals surface area contributed by atoms with Crippen LogP contribution in [0.4, 0.5) is 0 Å². The van der Waals surface area contributed by atoms with Crippen LogP contribution in [0.25, 0.3) is 0 Å². The smallest absolute Gasteiger partial charge is 0.209 e. The molecule has 0 unspecified atom stereocenters. The van der Waals surface area contributed by atoms with Gasteiger partial charge in [-0.2, -0.15) is 0 Å². The van der Waals surface area contributed by atoms with Gasteiger partial charge in [0.15, 0.2) is 5.28 Å². The van der Waals surface area contributed by atoms with Crippen molar-refractivity contribution in [2.45, 2.75) is 13.2 Å². The summed E-state index contributed by atoms with van der Waals surface area (Å²) >= 11 is 0. The molecule has 6 heteroatoms. The summed E-state index contributed by atoms with van der Waals surface area (Å²) in [4.78, 5) is 0.208. The number of ether oxygens (including phenoxy) is 1. The quantitative estimate of drug-likeness (QED) is 0.496. The molecule has 0 aliphatic carbocycles. The van der Waals surface area contributed by atoms with Gasteiger partial charge in [0.25, 0.3) is 0 Å². The fourth-order valence-corrected chi connectivity index (χ4v) is 1.62. The molecule has 6 nitrogen and oxygen atoms in total. The molecule has 0 heterocycles. The van der Waals surface area contributed by atoms with E-state index in [1.54, 1.807) is 24.3 Å². The zero-order chi connectivity index (χ0) is 13.5. The summed E-state index contributed by atoms with van der Waals surface area (Å²) in [6, 6.07) is 16.9. The lowest BCUT2D eigenvalue weighted by atomic mass is 10.2. The summed E-state index contributed by atoms with van der Waals surface area (Å²) < 4.78 is 5.61. The van der Waals surface area contributed by atoms with Gasteiger partial charge in [-0.3, -0.25) is 0 Å². The van der Waals surface area contributed by atoms with Gasteiger partial charge in [-0.05, 0) is 29.8 Å². The van der Waals surface area contributed by atoms with Gasteiger partial charge in [0.1, 0.15) is 12.4 Å². The van der Waals surface area contributed by atoms with Crippen molar-refractivity contribution in [1.29, 1.82) is 0 Å². The monoisotopic (exact) mass is 276 g/mol. The molecule has 0 aromatic heterocycles. The zero-order valence-electron chi connectivity index (χ0n) is 11.3. The molecule has 5 N–H and O–H groups in total. The topological polar surface area (TPSA) is 104 Å². The van der Waals surface area contributed by atoms with Crippen LogP contribution in [0.5, 0.6) is 5.75 Å². The van der Waals surface area contributed by atoms with Crippen molar-refractivity contribution in [3.63, 3.8) is 0 Å². The summed E-state index contributed by atoms with van der Waals surface area (Å²) in [6.07, 6.45) is 0. The zero-order valence-corrected chi connectivity index (χ0v) is 11.3. The second-order valence-corrected chi connectivity index (χ2v) is 4.02. The Morgan fingerprint density at radius 1 is 1.00 bits per heavy atom. The molecular formula is C14H18N3O3+. The number of hydrogen-bond donors (Lipinski definition) is 2. The Morgan fingerprint density at radius 3 is 2.25 bits per heavy atom. The third kappa shape index (κ3) is 4.58. The number of hydrogen-bond acceptors (Lipinski definition) is 3. The lowest BCUT2D eigenvalue weighted by molar-refractivity contribution is -0.570. The van der Waals surface area contributed by atoms with E-state index in [4.69, 9.17) is 9.94 Å². The van der Waals surface area contributed by atoms with E-state index >= 15 is 0 Å². The number of benzene rings is 2. The summed E-state index contributed by atoms with van der Waals surface area (Å²) in [6.45, 7) is 0.509. The highest BCUT2D eigenvalue weighted by Gasteiger charge is 2.01. The molecule has 0 spiro atoms. The molecule has 20 heavy (non-hydrogen) atoms. The number of hydroxylamine groups is 1. The van der Waals surface area contributed by atoms with Crippen LogP contribution in [-0.4, -0.2) is 10.1 Å². The van der Waals surface area contributed by atoms with E-state index < -0.39 is 0 Å². The van der Waals surface area contributed by atoms with Gasteiger partial charge in [-0.15, -0.1) is 0 Å². The van der Waals surface area contributed by atoms with Crippen molar-refractivity contribution in [1.82, 2.24) is 6.15 Å². The van der Waals surface area contributed by atoms with Crippen molar-refractivity contribution in [3.05, 3.63) is 70.9 Å². The first-order valence-electron chi connectivity index (χ1n) is 5.83. The minimum Gasteiger partial charge on any atom is -0.597 e. The van der Waals surface area contributed by atoms with E-state index in [2.05, 4.69) is 5.28 Å². The minimum atomic E-state index is 0. The Morgan fingerprint density at radius 2 is 1.65 bits per heavy atom.